The minimum Gasteiger partial charge on any atom is -0.480 e. The van der Waals surface area contributed by atoms with E-state index in [1.54, 1.807) is 11.8 Å². The summed E-state index contributed by atoms with van der Waals surface area (Å²) in [7, 11) is 0. The molecule has 0 aliphatic carbocycles. The molecular formula is C10H19NO3S. The molecule has 0 spiro atoms. The molecule has 1 atom stereocenters. The monoisotopic (exact) mass is 233 g/mol. The number of carboxylic acids is 1. The molecule has 0 aliphatic rings. The first-order valence-electron chi connectivity index (χ1n) is 4.86. The van der Waals surface area contributed by atoms with Crippen LogP contribution in [-0.4, -0.2) is 35.0 Å². The van der Waals surface area contributed by atoms with E-state index in [2.05, 4.69) is 12.2 Å². The molecule has 2 N–H and O–H groups in total. The van der Waals surface area contributed by atoms with Crippen molar-refractivity contribution >= 4 is 23.6 Å². The van der Waals surface area contributed by atoms with Gasteiger partial charge in [0, 0.05) is 11.8 Å². The minimum absolute atomic E-state index is 0.427. The second-order valence-electron chi connectivity index (χ2n) is 4.02. The van der Waals surface area contributed by atoms with Gasteiger partial charge in [0.15, 0.2) is 0 Å². The number of carboxylic acid groups (broad SMARTS) is 1. The predicted octanol–water partition coefficient (Wildman–Crippen LogP) is 1.35. The van der Waals surface area contributed by atoms with Crippen molar-refractivity contribution in [2.75, 3.05) is 12.8 Å². The molecule has 0 radical (unpaired) electrons. The van der Waals surface area contributed by atoms with Crippen molar-refractivity contribution in [3.05, 3.63) is 0 Å². The Kier molecular flexibility index (Phi) is 5.72. The van der Waals surface area contributed by atoms with Crippen molar-refractivity contribution in [2.45, 2.75) is 32.4 Å². The van der Waals surface area contributed by atoms with E-state index >= 15 is 0 Å². The molecule has 0 saturated carbocycles. The normalized spacial score (nSPS) is 13.3. The van der Waals surface area contributed by atoms with Crippen molar-refractivity contribution in [1.29, 1.82) is 0 Å². The predicted molar refractivity (Wildman–Crippen MR) is 62.0 cm³/mol. The SMILES string of the molecule is CSC(C)CCNC(=O)C(C)(C)C(=O)O. The fourth-order valence-corrected chi connectivity index (χ4v) is 1.18. The number of carbonyl (C=O) groups is 2. The third kappa shape index (κ3) is 4.55. The molecule has 1 amide bonds. The van der Waals surface area contributed by atoms with E-state index in [4.69, 9.17) is 5.11 Å². The number of rotatable bonds is 6. The van der Waals surface area contributed by atoms with Gasteiger partial charge in [-0.1, -0.05) is 6.92 Å². The van der Waals surface area contributed by atoms with Gasteiger partial charge in [-0.15, -0.1) is 0 Å². The minimum atomic E-state index is -1.34. The van der Waals surface area contributed by atoms with E-state index in [-0.39, 0.29) is 0 Å². The second-order valence-corrected chi connectivity index (χ2v) is 5.30. The van der Waals surface area contributed by atoms with Gasteiger partial charge >= 0.3 is 5.97 Å². The molecule has 4 nitrogen and oxygen atoms in total. The maximum Gasteiger partial charge on any atom is 0.318 e. The number of hydrogen-bond donors (Lipinski definition) is 2. The van der Waals surface area contributed by atoms with Crippen molar-refractivity contribution in [1.82, 2.24) is 5.32 Å². The largest absolute Gasteiger partial charge is 0.480 e. The first-order chi connectivity index (χ1) is 6.82. The number of thioether (sulfide) groups is 1. The van der Waals surface area contributed by atoms with Crippen molar-refractivity contribution < 1.29 is 14.7 Å². The molecular weight excluding hydrogens is 214 g/mol. The lowest BCUT2D eigenvalue weighted by molar-refractivity contribution is -0.153. The second kappa shape index (κ2) is 6.00. The van der Waals surface area contributed by atoms with Gasteiger partial charge < -0.3 is 10.4 Å². The number of aliphatic carboxylic acids is 1. The van der Waals surface area contributed by atoms with Crippen LogP contribution in [0.2, 0.25) is 0 Å². The zero-order chi connectivity index (χ0) is 12.1. The van der Waals surface area contributed by atoms with Crippen molar-refractivity contribution in [3.8, 4) is 0 Å². The van der Waals surface area contributed by atoms with Gasteiger partial charge in [-0.05, 0) is 26.5 Å². The highest BCUT2D eigenvalue weighted by molar-refractivity contribution is 7.99. The maximum absolute atomic E-state index is 11.5. The Hall–Kier alpha value is -0.710. The van der Waals surface area contributed by atoms with E-state index in [1.165, 1.54) is 13.8 Å². The van der Waals surface area contributed by atoms with E-state index in [1.807, 2.05) is 6.26 Å². The molecule has 0 fully saturated rings. The summed E-state index contributed by atoms with van der Waals surface area (Å²) in [5.74, 6) is -1.53. The standard InChI is InChI=1S/C10H19NO3S/c1-7(15-4)5-6-11-8(12)10(2,3)9(13)14/h7H,5-6H2,1-4H3,(H,11,12)(H,13,14). The van der Waals surface area contributed by atoms with E-state index in [9.17, 15) is 9.59 Å². The molecule has 0 bridgehead atoms. The van der Waals surface area contributed by atoms with E-state index in [0.29, 0.717) is 11.8 Å². The fourth-order valence-electron chi connectivity index (χ4n) is 0.825. The third-order valence-corrected chi connectivity index (χ3v) is 3.38. The van der Waals surface area contributed by atoms with Crippen LogP contribution in [0.1, 0.15) is 27.2 Å². The van der Waals surface area contributed by atoms with E-state index < -0.39 is 17.3 Å². The average molecular weight is 233 g/mol. The van der Waals surface area contributed by atoms with Gasteiger partial charge in [0.05, 0.1) is 0 Å². The quantitative estimate of drug-likeness (QED) is 0.680. The molecule has 0 heterocycles. The Labute approximate surface area is 94.8 Å². The summed E-state index contributed by atoms with van der Waals surface area (Å²) in [5, 5.41) is 11.9. The molecule has 0 saturated heterocycles. The summed E-state index contributed by atoms with van der Waals surface area (Å²) in [6.45, 7) is 5.40. The van der Waals surface area contributed by atoms with Gasteiger partial charge in [0.25, 0.3) is 0 Å². The molecule has 0 aromatic rings. The van der Waals surface area contributed by atoms with Gasteiger partial charge in [-0.25, -0.2) is 0 Å². The van der Waals surface area contributed by atoms with Gasteiger partial charge in [0.1, 0.15) is 5.41 Å². The first kappa shape index (κ1) is 14.3. The molecule has 0 aliphatic heterocycles. The van der Waals surface area contributed by atoms with Crippen LogP contribution in [0.5, 0.6) is 0 Å². The van der Waals surface area contributed by atoms with Crippen LogP contribution < -0.4 is 5.32 Å². The zero-order valence-electron chi connectivity index (χ0n) is 9.66. The molecule has 0 aromatic carbocycles. The fraction of sp³-hybridized carbons (Fsp3) is 0.800. The van der Waals surface area contributed by atoms with Gasteiger partial charge in [-0.3, -0.25) is 9.59 Å². The Morgan fingerprint density at radius 1 is 1.47 bits per heavy atom. The lowest BCUT2D eigenvalue weighted by Crippen LogP contribution is -2.42. The van der Waals surface area contributed by atoms with E-state index in [0.717, 1.165) is 6.42 Å². The summed E-state index contributed by atoms with van der Waals surface area (Å²) in [5.41, 5.74) is -1.34. The summed E-state index contributed by atoms with van der Waals surface area (Å²) < 4.78 is 0. The van der Waals surface area contributed by atoms with Crippen LogP contribution in [0.25, 0.3) is 0 Å². The molecule has 1 unspecified atom stereocenters. The van der Waals surface area contributed by atoms with Crippen molar-refractivity contribution in [2.24, 2.45) is 5.41 Å². The Morgan fingerprint density at radius 3 is 2.40 bits per heavy atom. The summed E-state index contributed by atoms with van der Waals surface area (Å²) in [6.07, 6.45) is 2.86. The smallest absolute Gasteiger partial charge is 0.318 e. The number of carbonyl (C=O) groups excluding carboxylic acids is 1. The topological polar surface area (TPSA) is 66.4 Å². The Morgan fingerprint density at radius 2 is 2.00 bits per heavy atom. The van der Waals surface area contributed by atoms with Crippen LogP contribution >= 0.6 is 11.8 Å². The highest BCUT2D eigenvalue weighted by Gasteiger charge is 2.35. The van der Waals surface area contributed by atoms with Crippen LogP contribution in [0.3, 0.4) is 0 Å². The maximum atomic E-state index is 11.5. The lowest BCUT2D eigenvalue weighted by atomic mass is 9.93. The molecule has 5 heteroatoms. The number of nitrogens with one attached hydrogen (secondary N) is 1. The molecule has 88 valence electrons. The van der Waals surface area contributed by atoms with Gasteiger partial charge in [0.2, 0.25) is 5.91 Å². The van der Waals surface area contributed by atoms with Crippen LogP contribution in [0.15, 0.2) is 0 Å². The third-order valence-electron chi connectivity index (χ3n) is 2.34. The summed E-state index contributed by atoms with van der Waals surface area (Å²) in [6, 6.07) is 0. The average Bonchev–Trinajstić information content (AvgIpc) is 2.16. The Bertz CT molecular complexity index is 241. The highest BCUT2D eigenvalue weighted by Crippen LogP contribution is 2.15. The summed E-state index contributed by atoms with van der Waals surface area (Å²) >= 11 is 1.72. The van der Waals surface area contributed by atoms with Crippen LogP contribution in [0.4, 0.5) is 0 Å². The van der Waals surface area contributed by atoms with Crippen LogP contribution in [-0.2, 0) is 9.59 Å². The lowest BCUT2D eigenvalue weighted by Gasteiger charge is -2.18. The Balaban J connectivity index is 3.99. The number of amides is 1. The number of hydrogen-bond acceptors (Lipinski definition) is 3. The van der Waals surface area contributed by atoms with Gasteiger partial charge in [-0.2, -0.15) is 11.8 Å². The molecule has 15 heavy (non-hydrogen) atoms. The molecule has 0 aromatic heterocycles. The van der Waals surface area contributed by atoms with Crippen LogP contribution in [0, 0.1) is 5.41 Å². The van der Waals surface area contributed by atoms with Crippen molar-refractivity contribution in [3.63, 3.8) is 0 Å². The first-order valence-corrected chi connectivity index (χ1v) is 6.15. The zero-order valence-corrected chi connectivity index (χ0v) is 10.5. The highest BCUT2D eigenvalue weighted by atomic mass is 32.2. The summed E-state index contributed by atoms with van der Waals surface area (Å²) in [4.78, 5) is 22.2. The molecule has 0 rings (SSSR count).